The van der Waals surface area contributed by atoms with E-state index in [1.54, 1.807) is 7.11 Å². The molecule has 0 saturated carbocycles. The molecule has 0 saturated heterocycles. The van der Waals surface area contributed by atoms with Crippen LogP contribution in [-0.2, 0) is 5.60 Å². The topological polar surface area (TPSA) is 45.6 Å². The van der Waals surface area contributed by atoms with Crippen LogP contribution in [-0.4, -0.2) is 42.7 Å². The molecule has 0 amide bonds. The molecular weight excluding hydrogens is 276 g/mol. The average molecular weight is 302 g/mol. The van der Waals surface area contributed by atoms with Crippen LogP contribution in [0.25, 0.3) is 10.9 Å². The van der Waals surface area contributed by atoms with Crippen molar-refractivity contribution in [1.29, 1.82) is 0 Å². The summed E-state index contributed by atoms with van der Waals surface area (Å²) in [6.45, 7) is 4.81. The molecule has 1 aromatic heterocycles. The maximum Gasteiger partial charge on any atom is 0.119 e. The third-order valence-corrected chi connectivity index (χ3v) is 3.99. The number of pyridine rings is 1. The summed E-state index contributed by atoms with van der Waals surface area (Å²) in [6.07, 6.45) is 1.65. The molecule has 0 aliphatic rings. The lowest BCUT2D eigenvalue weighted by Gasteiger charge is -2.26. The molecule has 0 spiro atoms. The Morgan fingerprint density at radius 1 is 1.27 bits per heavy atom. The molecular formula is C18H26N2O2. The monoisotopic (exact) mass is 302 g/mol. The van der Waals surface area contributed by atoms with Gasteiger partial charge in [-0.25, -0.2) is 0 Å². The number of ether oxygens (including phenoxy) is 1. The third-order valence-electron chi connectivity index (χ3n) is 3.99. The van der Waals surface area contributed by atoms with Gasteiger partial charge in [0.05, 0.1) is 18.2 Å². The molecule has 1 aromatic carbocycles. The second-order valence-electron chi connectivity index (χ2n) is 6.37. The van der Waals surface area contributed by atoms with Gasteiger partial charge >= 0.3 is 0 Å². The molecule has 0 radical (unpaired) electrons. The molecule has 1 heterocycles. The molecule has 4 nitrogen and oxygen atoms in total. The van der Waals surface area contributed by atoms with E-state index in [4.69, 9.17) is 4.74 Å². The Kier molecular flexibility index (Phi) is 5.04. The Labute approximate surface area is 132 Å². The van der Waals surface area contributed by atoms with Crippen molar-refractivity contribution in [2.75, 3.05) is 27.7 Å². The number of aromatic nitrogens is 1. The van der Waals surface area contributed by atoms with Gasteiger partial charge in [0.2, 0.25) is 0 Å². The normalized spacial score (nSPS) is 14.3. The highest BCUT2D eigenvalue weighted by Crippen LogP contribution is 2.33. The Morgan fingerprint density at radius 3 is 2.64 bits per heavy atom. The van der Waals surface area contributed by atoms with Crippen LogP contribution in [0.2, 0.25) is 0 Å². The molecule has 0 bridgehead atoms. The number of aliphatic hydroxyl groups is 1. The Bertz CT molecular complexity index is 651. The predicted octanol–water partition coefficient (Wildman–Crippen LogP) is 3.10. The molecule has 0 aliphatic heterocycles. The quantitative estimate of drug-likeness (QED) is 0.890. The minimum atomic E-state index is -0.881. The number of aryl methyl sites for hydroxylation is 1. The van der Waals surface area contributed by atoms with Gasteiger partial charge in [0.25, 0.3) is 0 Å². The number of benzene rings is 1. The average Bonchev–Trinajstić information content (AvgIpc) is 2.45. The lowest BCUT2D eigenvalue weighted by Crippen LogP contribution is -2.24. The first-order valence-corrected chi connectivity index (χ1v) is 7.66. The Hall–Kier alpha value is -1.65. The molecule has 0 aliphatic carbocycles. The highest BCUT2D eigenvalue weighted by molar-refractivity contribution is 5.84. The van der Waals surface area contributed by atoms with Crippen molar-refractivity contribution in [3.8, 4) is 5.75 Å². The standard InChI is InChI=1S/C18H26N2O2/c1-13-11-16(18(2,21)9-6-10-20(3)4)15-12-14(22-5)7-8-17(15)19-13/h7-8,11-12,21H,6,9-10H2,1-5H3/t18-/m1/s1. The van der Waals surface area contributed by atoms with Crippen LogP contribution in [0.5, 0.6) is 5.75 Å². The van der Waals surface area contributed by atoms with E-state index in [-0.39, 0.29) is 0 Å². The first kappa shape index (κ1) is 16.7. The predicted molar refractivity (Wildman–Crippen MR) is 90.4 cm³/mol. The molecule has 0 fully saturated rings. The van der Waals surface area contributed by atoms with Crippen molar-refractivity contribution in [1.82, 2.24) is 9.88 Å². The molecule has 4 heteroatoms. The minimum absolute atomic E-state index is 0.709. The van der Waals surface area contributed by atoms with Gasteiger partial charge in [0.1, 0.15) is 5.75 Å². The van der Waals surface area contributed by atoms with Crippen LogP contribution in [0.1, 0.15) is 31.0 Å². The second-order valence-corrected chi connectivity index (χ2v) is 6.37. The zero-order chi connectivity index (χ0) is 16.3. The zero-order valence-electron chi connectivity index (χ0n) is 14.2. The minimum Gasteiger partial charge on any atom is -0.497 e. The summed E-state index contributed by atoms with van der Waals surface area (Å²) in [4.78, 5) is 6.69. The van der Waals surface area contributed by atoms with Gasteiger partial charge in [-0.3, -0.25) is 4.98 Å². The van der Waals surface area contributed by atoms with Crippen molar-refractivity contribution in [3.05, 3.63) is 35.5 Å². The zero-order valence-corrected chi connectivity index (χ0v) is 14.2. The van der Waals surface area contributed by atoms with Gasteiger partial charge in [-0.15, -0.1) is 0 Å². The summed E-state index contributed by atoms with van der Waals surface area (Å²) in [5.41, 5.74) is 1.85. The lowest BCUT2D eigenvalue weighted by molar-refractivity contribution is 0.0450. The van der Waals surface area contributed by atoms with Gasteiger partial charge in [-0.1, -0.05) is 0 Å². The fourth-order valence-electron chi connectivity index (χ4n) is 2.78. The number of nitrogens with zero attached hydrogens (tertiary/aromatic N) is 2. The highest BCUT2D eigenvalue weighted by atomic mass is 16.5. The molecule has 22 heavy (non-hydrogen) atoms. The number of hydrogen-bond donors (Lipinski definition) is 1. The van der Waals surface area contributed by atoms with Gasteiger partial charge in [-0.05, 0) is 77.2 Å². The molecule has 1 N–H and O–H groups in total. The van der Waals surface area contributed by atoms with Crippen LogP contribution in [0.4, 0.5) is 0 Å². The van der Waals surface area contributed by atoms with Crippen molar-refractivity contribution in [3.63, 3.8) is 0 Å². The van der Waals surface area contributed by atoms with E-state index in [1.807, 2.05) is 52.2 Å². The summed E-state index contributed by atoms with van der Waals surface area (Å²) in [5, 5.41) is 12.0. The van der Waals surface area contributed by atoms with Gasteiger partial charge in [0.15, 0.2) is 0 Å². The summed E-state index contributed by atoms with van der Waals surface area (Å²) in [5.74, 6) is 0.781. The molecule has 2 aromatic rings. The molecule has 2 rings (SSSR count). The first-order chi connectivity index (χ1) is 10.3. The fraction of sp³-hybridized carbons (Fsp3) is 0.500. The van der Waals surface area contributed by atoms with Crippen LogP contribution < -0.4 is 4.74 Å². The lowest BCUT2D eigenvalue weighted by atomic mass is 9.88. The van der Waals surface area contributed by atoms with Gasteiger partial charge in [0, 0.05) is 11.1 Å². The first-order valence-electron chi connectivity index (χ1n) is 7.66. The van der Waals surface area contributed by atoms with E-state index < -0.39 is 5.60 Å². The van der Waals surface area contributed by atoms with E-state index in [0.717, 1.165) is 40.9 Å². The largest absolute Gasteiger partial charge is 0.497 e. The second kappa shape index (κ2) is 6.63. The number of rotatable bonds is 6. The van der Waals surface area contributed by atoms with Gasteiger partial charge < -0.3 is 14.7 Å². The number of methoxy groups -OCH3 is 1. The smallest absolute Gasteiger partial charge is 0.119 e. The van der Waals surface area contributed by atoms with Crippen molar-refractivity contribution >= 4 is 10.9 Å². The maximum atomic E-state index is 11.0. The molecule has 0 unspecified atom stereocenters. The maximum absolute atomic E-state index is 11.0. The third kappa shape index (κ3) is 3.76. The number of hydrogen-bond acceptors (Lipinski definition) is 4. The van der Waals surface area contributed by atoms with Gasteiger partial charge in [-0.2, -0.15) is 0 Å². The molecule has 120 valence electrons. The summed E-state index contributed by atoms with van der Waals surface area (Å²) < 4.78 is 5.32. The van der Waals surface area contributed by atoms with E-state index >= 15 is 0 Å². The summed E-state index contributed by atoms with van der Waals surface area (Å²) in [7, 11) is 5.74. The highest BCUT2D eigenvalue weighted by Gasteiger charge is 2.26. The van der Waals surface area contributed by atoms with E-state index in [1.165, 1.54) is 0 Å². The summed E-state index contributed by atoms with van der Waals surface area (Å²) >= 11 is 0. The SMILES string of the molecule is COc1ccc2nc(C)cc([C@](C)(O)CCCN(C)C)c2c1. The van der Waals surface area contributed by atoms with Crippen LogP contribution in [0.3, 0.4) is 0 Å². The van der Waals surface area contributed by atoms with E-state index in [9.17, 15) is 5.11 Å². The van der Waals surface area contributed by atoms with Crippen LogP contribution >= 0.6 is 0 Å². The van der Waals surface area contributed by atoms with Crippen molar-refractivity contribution in [2.24, 2.45) is 0 Å². The van der Waals surface area contributed by atoms with Crippen LogP contribution in [0.15, 0.2) is 24.3 Å². The van der Waals surface area contributed by atoms with Crippen LogP contribution in [0, 0.1) is 6.92 Å². The van der Waals surface area contributed by atoms with E-state index in [0.29, 0.717) is 6.42 Å². The fourth-order valence-corrected chi connectivity index (χ4v) is 2.78. The summed E-state index contributed by atoms with van der Waals surface area (Å²) in [6, 6.07) is 7.79. The van der Waals surface area contributed by atoms with Crippen molar-refractivity contribution in [2.45, 2.75) is 32.3 Å². The Balaban J connectivity index is 2.43. The van der Waals surface area contributed by atoms with Crippen molar-refractivity contribution < 1.29 is 9.84 Å². The molecule has 1 atom stereocenters. The Morgan fingerprint density at radius 2 is 2.00 bits per heavy atom. The number of fused-ring (bicyclic) bond motifs is 1. The van der Waals surface area contributed by atoms with E-state index in [2.05, 4.69) is 9.88 Å².